The second-order valence-corrected chi connectivity index (χ2v) is 7.14. The minimum Gasteiger partial charge on any atom is -0.337 e. The van der Waals surface area contributed by atoms with Crippen LogP contribution >= 0.6 is 0 Å². The number of hydrogen-bond acceptors (Lipinski definition) is 4. The molecule has 0 saturated carbocycles. The highest BCUT2D eigenvalue weighted by atomic mass is 32.2. The maximum atomic E-state index is 12.2. The summed E-state index contributed by atoms with van der Waals surface area (Å²) < 4.78 is 25.8. The van der Waals surface area contributed by atoms with Crippen molar-refractivity contribution in [3.05, 3.63) is 29.8 Å². The molecule has 3 N–H and O–H groups in total. The largest absolute Gasteiger partial charge is 0.337 e. The first-order valence-corrected chi connectivity index (χ1v) is 8.72. The van der Waals surface area contributed by atoms with E-state index in [0.29, 0.717) is 30.8 Å². The van der Waals surface area contributed by atoms with Crippen LogP contribution in [-0.2, 0) is 10.0 Å². The number of likely N-dealkylation sites (tertiary alicyclic amines) is 1. The molecule has 0 radical (unpaired) electrons. The molecule has 0 aromatic heterocycles. The number of nitrogens with one attached hydrogen (secondary N) is 1. The summed E-state index contributed by atoms with van der Waals surface area (Å²) in [5.74, 6) is 0.0187. The van der Waals surface area contributed by atoms with E-state index in [4.69, 9.17) is 5.73 Å². The summed E-state index contributed by atoms with van der Waals surface area (Å²) >= 11 is 0. The molecule has 1 fully saturated rings. The van der Waals surface area contributed by atoms with Gasteiger partial charge in [-0.05, 0) is 37.1 Å². The zero-order chi connectivity index (χ0) is 15.5. The smallest absolute Gasteiger partial charge is 0.253 e. The molecule has 0 unspecified atom stereocenters. The molecular formula is C14H21N3O3S. The van der Waals surface area contributed by atoms with Crippen LogP contribution < -0.4 is 10.5 Å². The van der Waals surface area contributed by atoms with Crippen LogP contribution in [0.25, 0.3) is 0 Å². The number of nitrogens with zero attached hydrogens (tertiary/aromatic N) is 1. The summed E-state index contributed by atoms with van der Waals surface area (Å²) in [4.78, 5) is 13.9. The van der Waals surface area contributed by atoms with Crippen molar-refractivity contribution in [3.8, 4) is 0 Å². The van der Waals surface area contributed by atoms with Crippen LogP contribution in [0.5, 0.6) is 0 Å². The number of amides is 1. The van der Waals surface area contributed by atoms with Crippen LogP contribution in [0.1, 0.15) is 30.1 Å². The minimum atomic E-state index is -3.30. The molecular weight excluding hydrogens is 290 g/mol. The third kappa shape index (κ3) is 4.18. The van der Waals surface area contributed by atoms with Crippen LogP contribution in [0.3, 0.4) is 0 Å². The van der Waals surface area contributed by atoms with E-state index in [0.717, 1.165) is 6.42 Å². The Morgan fingerprint density at radius 1 is 1.38 bits per heavy atom. The van der Waals surface area contributed by atoms with Gasteiger partial charge in [0.1, 0.15) is 0 Å². The summed E-state index contributed by atoms with van der Waals surface area (Å²) in [6, 6.07) is 6.54. The van der Waals surface area contributed by atoms with E-state index in [-0.39, 0.29) is 17.7 Å². The fourth-order valence-electron chi connectivity index (χ4n) is 2.33. The Labute approximate surface area is 125 Å². The highest BCUT2D eigenvalue weighted by molar-refractivity contribution is 7.92. The highest BCUT2D eigenvalue weighted by Crippen LogP contribution is 2.16. The van der Waals surface area contributed by atoms with Gasteiger partial charge in [-0.15, -0.1) is 0 Å². The normalized spacial score (nSPS) is 18.8. The van der Waals surface area contributed by atoms with E-state index in [1.165, 1.54) is 0 Å². The Morgan fingerprint density at radius 2 is 2.05 bits per heavy atom. The summed E-state index contributed by atoms with van der Waals surface area (Å²) in [6.45, 7) is 3.05. The summed E-state index contributed by atoms with van der Waals surface area (Å²) in [6.07, 6.45) is 1.38. The van der Waals surface area contributed by atoms with Gasteiger partial charge < -0.3 is 10.6 Å². The average molecular weight is 311 g/mol. The summed E-state index contributed by atoms with van der Waals surface area (Å²) in [7, 11) is -3.30. The lowest BCUT2D eigenvalue weighted by Crippen LogP contribution is -2.31. The monoisotopic (exact) mass is 311 g/mol. The van der Waals surface area contributed by atoms with E-state index < -0.39 is 10.0 Å². The Hall–Kier alpha value is -1.60. The molecule has 0 bridgehead atoms. The van der Waals surface area contributed by atoms with Gasteiger partial charge in [0, 0.05) is 30.4 Å². The van der Waals surface area contributed by atoms with E-state index in [1.807, 2.05) is 6.92 Å². The summed E-state index contributed by atoms with van der Waals surface area (Å²) in [5.41, 5.74) is 6.81. The molecule has 1 aliphatic rings. The molecule has 21 heavy (non-hydrogen) atoms. The molecule has 116 valence electrons. The first-order chi connectivity index (χ1) is 9.91. The van der Waals surface area contributed by atoms with E-state index >= 15 is 0 Å². The molecule has 2 rings (SSSR count). The van der Waals surface area contributed by atoms with Gasteiger partial charge >= 0.3 is 0 Å². The lowest BCUT2D eigenvalue weighted by molar-refractivity contribution is 0.0791. The van der Waals surface area contributed by atoms with Gasteiger partial charge in [-0.25, -0.2) is 8.42 Å². The van der Waals surface area contributed by atoms with Crippen LogP contribution in [0.15, 0.2) is 24.3 Å². The first-order valence-electron chi connectivity index (χ1n) is 7.06. The van der Waals surface area contributed by atoms with Gasteiger partial charge in [-0.1, -0.05) is 6.92 Å². The predicted octanol–water partition coefficient (Wildman–Crippen LogP) is 1.01. The number of benzene rings is 1. The van der Waals surface area contributed by atoms with Crippen molar-refractivity contribution in [1.82, 2.24) is 4.90 Å². The molecule has 1 aromatic rings. The number of carbonyl (C=O) groups excluding carboxylic acids is 1. The standard InChI is InChI=1S/C14H21N3O3S/c1-2-9-21(19,20)16-13-5-3-11(4-6-13)14(18)17-8-7-12(15)10-17/h3-6,12,16H,2,7-10,15H2,1H3/t12-/m1/s1. The number of nitrogens with two attached hydrogens (primary N) is 1. The Bertz CT molecular complexity index is 598. The van der Waals surface area contributed by atoms with Crippen LogP contribution in [-0.4, -0.2) is 44.1 Å². The number of sulfonamides is 1. The van der Waals surface area contributed by atoms with E-state index in [9.17, 15) is 13.2 Å². The molecule has 0 aliphatic carbocycles. The average Bonchev–Trinajstić information content (AvgIpc) is 2.85. The van der Waals surface area contributed by atoms with Crippen LogP contribution in [0.4, 0.5) is 5.69 Å². The topological polar surface area (TPSA) is 92.5 Å². The van der Waals surface area contributed by atoms with Gasteiger partial charge in [0.05, 0.1) is 5.75 Å². The molecule has 1 heterocycles. The fourth-order valence-corrected chi connectivity index (χ4v) is 3.47. The zero-order valence-corrected chi connectivity index (χ0v) is 12.9. The third-order valence-electron chi connectivity index (χ3n) is 3.39. The van der Waals surface area contributed by atoms with Crippen molar-refractivity contribution in [2.24, 2.45) is 5.73 Å². The highest BCUT2D eigenvalue weighted by Gasteiger charge is 2.24. The molecule has 1 saturated heterocycles. The van der Waals surface area contributed by atoms with Crippen molar-refractivity contribution in [1.29, 1.82) is 0 Å². The maximum absolute atomic E-state index is 12.2. The van der Waals surface area contributed by atoms with Crippen molar-refractivity contribution in [2.45, 2.75) is 25.8 Å². The first kappa shape index (κ1) is 15.8. The van der Waals surface area contributed by atoms with E-state index in [1.54, 1.807) is 29.2 Å². The second kappa shape index (κ2) is 6.44. The Kier molecular flexibility index (Phi) is 4.84. The Balaban J connectivity index is 2.03. The maximum Gasteiger partial charge on any atom is 0.253 e. The van der Waals surface area contributed by atoms with E-state index in [2.05, 4.69) is 4.72 Å². The van der Waals surface area contributed by atoms with Crippen molar-refractivity contribution in [3.63, 3.8) is 0 Å². The second-order valence-electron chi connectivity index (χ2n) is 5.30. The van der Waals surface area contributed by atoms with Crippen molar-refractivity contribution < 1.29 is 13.2 Å². The summed E-state index contributed by atoms with van der Waals surface area (Å²) in [5, 5.41) is 0. The zero-order valence-electron chi connectivity index (χ0n) is 12.1. The lowest BCUT2D eigenvalue weighted by Gasteiger charge is -2.16. The van der Waals surface area contributed by atoms with Crippen LogP contribution in [0.2, 0.25) is 0 Å². The Morgan fingerprint density at radius 3 is 2.57 bits per heavy atom. The van der Waals surface area contributed by atoms with Crippen LogP contribution in [0, 0.1) is 0 Å². The molecule has 1 aromatic carbocycles. The van der Waals surface area contributed by atoms with Crippen molar-refractivity contribution in [2.75, 3.05) is 23.6 Å². The van der Waals surface area contributed by atoms with Crippen molar-refractivity contribution >= 4 is 21.6 Å². The molecule has 7 heteroatoms. The quantitative estimate of drug-likeness (QED) is 0.849. The van der Waals surface area contributed by atoms with Gasteiger partial charge in [0.25, 0.3) is 5.91 Å². The SMILES string of the molecule is CCCS(=O)(=O)Nc1ccc(C(=O)N2CC[C@@H](N)C2)cc1. The molecule has 1 amide bonds. The minimum absolute atomic E-state index is 0.0501. The lowest BCUT2D eigenvalue weighted by atomic mass is 10.2. The van der Waals surface area contributed by atoms with Gasteiger partial charge in [-0.2, -0.15) is 0 Å². The number of carbonyl (C=O) groups is 1. The molecule has 1 atom stereocenters. The van der Waals surface area contributed by atoms with Gasteiger partial charge in [0.15, 0.2) is 0 Å². The number of hydrogen-bond donors (Lipinski definition) is 2. The third-order valence-corrected chi connectivity index (χ3v) is 4.88. The number of rotatable bonds is 5. The molecule has 1 aliphatic heterocycles. The van der Waals surface area contributed by atoms with Gasteiger partial charge in [0.2, 0.25) is 10.0 Å². The molecule has 6 nitrogen and oxygen atoms in total. The molecule has 0 spiro atoms. The number of anilines is 1. The predicted molar refractivity (Wildman–Crippen MR) is 82.6 cm³/mol. The fraction of sp³-hybridized carbons (Fsp3) is 0.500. The van der Waals surface area contributed by atoms with Gasteiger partial charge in [-0.3, -0.25) is 9.52 Å².